The van der Waals surface area contributed by atoms with E-state index in [1.54, 1.807) is 7.11 Å². The molecular formula is C16H26N6O2. The van der Waals surface area contributed by atoms with Crippen LogP contribution in [0.1, 0.15) is 36.4 Å². The van der Waals surface area contributed by atoms with E-state index in [1.165, 1.54) is 0 Å². The van der Waals surface area contributed by atoms with Gasteiger partial charge in [-0.2, -0.15) is 5.10 Å². The second-order valence-corrected chi connectivity index (χ2v) is 6.03. The molecule has 2 aromatic heterocycles. The third-order valence-electron chi connectivity index (χ3n) is 4.46. The quantitative estimate of drug-likeness (QED) is 0.778. The Morgan fingerprint density at radius 2 is 2.33 bits per heavy atom. The van der Waals surface area contributed by atoms with E-state index in [2.05, 4.69) is 27.7 Å². The van der Waals surface area contributed by atoms with Gasteiger partial charge >= 0.3 is 0 Å². The van der Waals surface area contributed by atoms with Crippen molar-refractivity contribution in [3.8, 4) is 0 Å². The molecule has 0 radical (unpaired) electrons. The van der Waals surface area contributed by atoms with Gasteiger partial charge in [-0.25, -0.2) is 4.68 Å². The molecule has 0 bridgehead atoms. The minimum absolute atomic E-state index is 0.0348. The first-order valence-electron chi connectivity index (χ1n) is 8.48. The summed E-state index contributed by atoms with van der Waals surface area (Å²) >= 11 is 0. The van der Waals surface area contributed by atoms with Gasteiger partial charge in [-0.05, 0) is 20.3 Å². The zero-order valence-electron chi connectivity index (χ0n) is 14.6. The lowest BCUT2D eigenvalue weighted by Crippen LogP contribution is -2.32. The van der Waals surface area contributed by atoms with Crippen molar-refractivity contribution in [2.24, 2.45) is 0 Å². The molecular weight excluding hydrogens is 308 g/mol. The standard InChI is InChI=1S/C16H26N6O2/c1-4-22-15(12(2)19-20-22)10-17-14-5-7-24-16(14)13-9-18-21(11-13)6-8-23-3/h9,11,14,16-17H,4-8,10H2,1-3H3/t14-,16+/m0/s1. The average Bonchev–Trinajstić information content (AvgIpc) is 3.30. The highest BCUT2D eigenvalue weighted by atomic mass is 16.5. The summed E-state index contributed by atoms with van der Waals surface area (Å²) in [5, 5.41) is 16.3. The topological polar surface area (TPSA) is 79.0 Å². The fourth-order valence-electron chi connectivity index (χ4n) is 3.08. The molecule has 0 aliphatic carbocycles. The molecule has 1 aliphatic heterocycles. The number of hydrogen-bond donors (Lipinski definition) is 1. The molecule has 1 N–H and O–H groups in total. The molecule has 8 heteroatoms. The third kappa shape index (κ3) is 3.66. The Morgan fingerprint density at radius 3 is 3.12 bits per heavy atom. The lowest BCUT2D eigenvalue weighted by molar-refractivity contribution is 0.0982. The summed E-state index contributed by atoms with van der Waals surface area (Å²) in [4.78, 5) is 0. The van der Waals surface area contributed by atoms with Gasteiger partial charge in [-0.1, -0.05) is 5.21 Å². The number of aryl methyl sites for hydroxylation is 2. The first-order valence-corrected chi connectivity index (χ1v) is 8.48. The van der Waals surface area contributed by atoms with Crippen molar-refractivity contribution in [1.82, 2.24) is 30.1 Å². The molecule has 1 aliphatic rings. The van der Waals surface area contributed by atoms with Crippen LogP contribution in [-0.4, -0.2) is 51.1 Å². The first kappa shape index (κ1) is 17.1. The largest absolute Gasteiger partial charge is 0.383 e. The van der Waals surface area contributed by atoms with Crippen molar-refractivity contribution in [2.75, 3.05) is 20.3 Å². The van der Waals surface area contributed by atoms with E-state index < -0.39 is 0 Å². The summed E-state index contributed by atoms with van der Waals surface area (Å²) in [6, 6.07) is 0.268. The van der Waals surface area contributed by atoms with Crippen LogP contribution < -0.4 is 5.32 Å². The van der Waals surface area contributed by atoms with Crippen molar-refractivity contribution >= 4 is 0 Å². The molecule has 0 aromatic carbocycles. The second kappa shape index (κ2) is 7.87. The van der Waals surface area contributed by atoms with Gasteiger partial charge in [0.2, 0.25) is 0 Å². The zero-order valence-corrected chi connectivity index (χ0v) is 14.6. The van der Waals surface area contributed by atoms with Gasteiger partial charge in [0.25, 0.3) is 0 Å². The molecule has 2 aromatic rings. The highest BCUT2D eigenvalue weighted by Crippen LogP contribution is 2.29. The summed E-state index contributed by atoms with van der Waals surface area (Å²) in [5.41, 5.74) is 3.23. The van der Waals surface area contributed by atoms with Crippen molar-refractivity contribution < 1.29 is 9.47 Å². The van der Waals surface area contributed by atoms with Gasteiger partial charge in [-0.15, -0.1) is 5.10 Å². The maximum atomic E-state index is 5.94. The highest BCUT2D eigenvalue weighted by Gasteiger charge is 2.30. The minimum Gasteiger partial charge on any atom is -0.383 e. The minimum atomic E-state index is 0.0348. The molecule has 0 unspecified atom stereocenters. The Balaban J connectivity index is 1.63. The van der Waals surface area contributed by atoms with Gasteiger partial charge in [0.15, 0.2) is 0 Å². The third-order valence-corrected chi connectivity index (χ3v) is 4.46. The smallest absolute Gasteiger partial charge is 0.101 e. The molecule has 2 atom stereocenters. The van der Waals surface area contributed by atoms with E-state index >= 15 is 0 Å². The number of nitrogens with zero attached hydrogens (tertiary/aromatic N) is 5. The van der Waals surface area contributed by atoms with Crippen LogP contribution in [0.5, 0.6) is 0 Å². The average molecular weight is 334 g/mol. The molecule has 24 heavy (non-hydrogen) atoms. The monoisotopic (exact) mass is 334 g/mol. The van der Waals surface area contributed by atoms with Crippen LogP contribution >= 0.6 is 0 Å². The predicted octanol–water partition coefficient (Wildman–Crippen LogP) is 1.07. The summed E-state index contributed by atoms with van der Waals surface area (Å²) < 4.78 is 14.9. The van der Waals surface area contributed by atoms with Gasteiger partial charge < -0.3 is 14.8 Å². The Morgan fingerprint density at radius 1 is 1.46 bits per heavy atom. The van der Waals surface area contributed by atoms with E-state index in [9.17, 15) is 0 Å². The van der Waals surface area contributed by atoms with Crippen LogP contribution in [0.25, 0.3) is 0 Å². The van der Waals surface area contributed by atoms with Crippen molar-refractivity contribution in [2.45, 2.75) is 52.0 Å². The van der Waals surface area contributed by atoms with E-state index in [4.69, 9.17) is 9.47 Å². The van der Waals surface area contributed by atoms with Gasteiger partial charge in [0.1, 0.15) is 6.10 Å². The highest BCUT2D eigenvalue weighted by molar-refractivity contribution is 5.14. The molecule has 0 spiro atoms. The Kier molecular flexibility index (Phi) is 5.60. The van der Waals surface area contributed by atoms with Gasteiger partial charge in [0, 0.05) is 44.6 Å². The Labute approximate surface area is 142 Å². The predicted molar refractivity (Wildman–Crippen MR) is 88.5 cm³/mol. The molecule has 8 nitrogen and oxygen atoms in total. The summed E-state index contributed by atoms with van der Waals surface area (Å²) in [7, 11) is 1.70. The molecule has 0 saturated carbocycles. The molecule has 3 heterocycles. The van der Waals surface area contributed by atoms with Crippen LogP contribution in [0.2, 0.25) is 0 Å². The van der Waals surface area contributed by atoms with Crippen LogP contribution in [0.15, 0.2) is 12.4 Å². The molecule has 1 fully saturated rings. The van der Waals surface area contributed by atoms with Crippen molar-refractivity contribution in [3.05, 3.63) is 29.3 Å². The maximum absolute atomic E-state index is 5.94. The number of nitrogens with one attached hydrogen (secondary N) is 1. The first-order chi connectivity index (χ1) is 11.7. The van der Waals surface area contributed by atoms with Crippen molar-refractivity contribution in [3.63, 3.8) is 0 Å². The summed E-state index contributed by atoms with van der Waals surface area (Å²) in [5.74, 6) is 0. The number of aromatic nitrogens is 5. The Hall–Kier alpha value is -1.77. The van der Waals surface area contributed by atoms with Crippen LogP contribution in [-0.2, 0) is 29.1 Å². The lowest BCUT2D eigenvalue weighted by Gasteiger charge is -2.19. The fraction of sp³-hybridized carbons (Fsp3) is 0.688. The second-order valence-electron chi connectivity index (χ2n) is 6.03. The molecule has 132 valence electrons. The normalized spacial score (nSPS) is 20.8. The van der Waals surface area contributed by atoms with Crippen LogP contribution in [0.3, 0.4) is 0 Å². The summed E-state index contributed by atoms with van der Waals surface area (Å²) in [6.45, 7) is 7.81. The van der Waals surface area contributed by atoms with E-state index in [0.717, 1.165) is 49.6 Å². The van der Waals surface area contributed by atoms with Crippen LogP contribution in [0.4, 0.5) is 0 Å². The van der Waals surface area contributed by atoms with E-state index in [-0.39, 0.29) is 12.1 Å². The molecule has 3 rings (SSSR count). The molecule has 0 amide bonds. The van der Waals surface area contributed by atoms with Gasteiger partial charge in [-0.3, -0.25) is 4.68 Å². The maximum Gasteiger partial charge on any atom is 0.101 e. The van der Waals surface area contributed by atoms with Gasteiger partial charge in [0.05, 0.1) is 30.7 Å². The number of hydrogen-bond acceptors (Lipinski definition) is 6. The lowest BCUT2D eigenvalue weighted by atomic mass is 10.1. The zero-order chi connectivity index (χ0) is 16.9. The number of methoxy groups -OCH3 is 1. The Bertz CT molecular complexity index is 653. The fourth-order valence-corrected chi connectivity index (χ4v) is 3.08. The van der Waals surface area contributed by atoms with E-state index in [0.29, 0.717) is 6.61 Å². The number of rotatable bonds is 8. The molecule has 1 saturated heterocycles. The van der Waals surface area contributed by atoms with E-state index in [1.807, 2.05) is 28.7 Å². The van der Waals surface area contributed by atoms with Crippen LogP contribution in [0, 0.1) is 6.92 Å². The number of ether oxygens (including phenoxy) is 2. The SMILES string of the molecule is CCn1nnc(C)c1CN[C@H]1CCO[C@@H]1c1cnn(CCOC)c1. The van der Waals surface area contributed by atoms with Crippen molar-refractivity contribution in [1.29, 1.82) is 0 Å². The summed E-state index contributed by atoms with van der Waals surface area (Å²) in [6.07, 6.45) is 4.96.